The first-order valence-electron chi connectivity index (χ1n) is 8.01. The molecule has 2 fully saturated rings. The predicted molar refractivity (Wildman–Crippen MR) is 84.9 cm³/mol. The van der Waals surface area contributed by atoms with Gasteiger partial charge < -0.3 is 10.6 Å². The molecule has 0 saturated carbocycles. The molecular weight excluding hydrogens is 262 g/mol. The normalized spacial score (nSPS) is 25.9. The Morgan fingerprint density at radius 3 is 2.81 bits per heavy atom. The molecule has 4 nitrogen and oxygen atoms in total. The van der Waals surface area contributed by atoms with Crippen LogP contribution < -0.4 is 5.73 Å². The quantitative estimate of drug-likeness (QED) is 0.864. The minimum absolute atomic E-state index is 0.297. The maximum Gasteiger partial charge on any atom is 0.223 e. The average Bonchev–Trinajstić information content (AvgIpc) is 2.92. The van der Waals surface area contributed by atoms with Crippen LogP contribution in [-0.4, -0.2) is 47.4 Å². The zero-order valence-corrected chi connectivity index (χ0v) is 12.8. The molecule has 1 amide bonds. The zero-order valence-electron chi connectivity index (χ0n) is 12.8. The van der Waals surface area contributed by atoms with Crippen molar-refractivity contribution in [2.75, 3.05) is 25.4 Å². The summed E-state index contributed by atoms with van der Waals surface area (Å²) in [7, 11) is 0. The topological polar surface area (TPSA) is 49.6 Å². The van der Waals surface area contributed by atoms with E-state index in [1.54, 1.807) is 0 Å². The zero-order chi connectivity index (χ0) is 14.8. The van der Waals surface area contributed by atoms with Gasteiger partial charge in [-0.25, -0.2) is 0 Å². The summed E-state index contributed by atoms with van der Waals surface area (Å²) in [5, 5.41) is 0. The second kappa shape index (κ2) is 6.06. The highest BCUT2D eigenvalue weighted by atomic mass is 16.2. The lowest BCUT2D eigenvalue weighted by atomic mass is 10.1. The molecule has 2 heterocycles. The lowest BCUT2D eigenvalue weighted by Gasteiger charge is -2.42. The van der Waals surface area contributed by atoms with Gasteiger partial charge in [0.15, 0.2) is 0 Å². The second-order valence-electron chi connectivity index (χ2n) is 6.43. The third-order valence-electron chi connectivity index (χ3n) is 4.86. The molecule has 1 aromatic rings. The smallest absolute Gasteiger partial charge is 0.223 e. The molecule has 0 aromatic heterocycles. The van der Waals surface area contributed by atoms with Gasteiger partial charge in [-0.05, 0) is 50.4 Å². The van der Waals surface area contributed by atoms with Crippen molar-refractivity contribution in [1.29, 1.82) is 0 Å². The molecule has 2 N–H and O–H groups in total. The molecule has 2 aliphatic rings. The summed E-state index contributed by atoms with van der Waals surface area (Å²) in [6.07, 6.45) is 3.93. The lowest BCUT2D eigenvalue weighted by molar-refractivity contribution is -0.136. The van der Waals surface area contributed by atoms with Crippen LogP contribution in [0.5, 0.6) is 0 Å². The highest BCUT2D eigenvalue weighted by molar-refractivity contribution is 5.77. The van der Waals surface area contributed by atoms with Gasteiger partial charge in [0, 0.05) is 37.3 Å². The highest BCUT2D eigenvalue weighted by Gasteiger charge is 2.36. The van der Waals surface area contributed by atoms with Crippen molar-refractivity contribution in [3.05, 3.63) is 29.8 Å². The third-order valence-corrected chi connectivity index (χ3v) is 4.86. The molecular formula is C17H25N3O. The molecule has 0 radical (unpaired) electrons. The van der Waals surface area contributed by atoms with Crippen molar-refractivity contribution >= 4 is 11.6 Å². The minimum atomic E-state index is 0.297. The average molecular weight is 287 g/mol. The SMILES string of the molecule is CC1CN2CCCC2CN1C(=O)CCc1ccc(N)cc1. The molecule has 3 rings (SSSR count). The van der Waals surface area contributed by atoms with Crippen LogP contribution in [0, 0.1) is 0 Å². The van der Waals surface area contributed by atoms with E-state index in [9.17, 15) is 4.79 Å². The Morgan fingerprint density at radius 1 is 1.29 bits per heavy atom. The van der Waals surface area contributed by atoms with E-state index >= 15 is 0 Å². The van der Waals surface area contributed by atoms with E-state index in [-0.39, 0.29) is 0 Å². The number of piperazine rings is 1. The van der Waals surface area contributed by atoms with Gasteiger partial charge in [0.2, 0.25) is 5.91 Å². The van der Waals surface area contributed by atoms with E-state index in [4.69, 9.17) is 5.73 Å². The number of rotatable bonds is 3. The molecule has 1 aromatic carbocycles. The van der Waals surface area contributed by atoms with Gasteiger partial charge >= 0.3 is 0 Å². The van der Waals surface area contributed by atoms with Crippen molar-refractivity contribution in [2.24, 2.45) is 0 Å². The number of nitrogen functional groups attached to an aromatic ring is 1. The maximum absolute atomic E-state index is 12.5. The molecule has 0 bridgehead atoms. The standard InChI is InChI=1S/C17H25N3O/c1-13-11-19-10-2-3-16(19)12-20(13)17(21)9-6-14-4-7-15(18)8-5-14/h4-5,7-8,13,16H,2-3,6,9-12,18H2,1H3. The Kier molecular flexibility index (Phi) is 4.15. The summed E-state index contributed by atoms with van der Waals surface area (Å²) in [6.45, 7) is 5.35. The fourth-order valence-electron chi connectivity index (χ4n) is 3.61. The molecule has 2 aliphatic heterocycles. The van der Waals surface area contributed by atoms with E-state index in [0.29, 0.717) is 24.4 Å². The Labute approximate surface area is 126 Å². The number of nitrogens with zero attached hydrogens (tertiary/aromatic N) is 2. The van der Waals surface area contributed by atoms with Crippen molar-refractivity contribution in [1.82, 2.24) is 9.80 Å². The summed E-state index contributed by atoms with van der Waals surface area (Å²) in [6, 6.07) is 8.78. The first-order valence-corrected chi connectivity index (χ1v) is 8.01. The Hall–Kier alpha value is -1.55. The molecule has 4 heteroatoms. The number of aryl methyl sites for hydroxylation is 1. The number of hydrogen-bond acceptors (Lipinski definition) is 3. The number of benzene rings is 1. The van der Waals surface area contributed by atoms with E-state index in [1.807, 2.05) is 24.3 Å². The number of anilines is 1. The van der Waals surface area contributed by atoms with E-state index in [2.05, 4.69) is 16.7 Å². The van der Waals surface area contributed by atoms with E-state index in [0.717, 1.165) is 25.2 Å². The molecule has 2 unspecified atom stereocenters. The largest absolute Gasteiger partial charge is 0.399 e. The van der Waals surface area contributed by atoms with E-state index < -0.39 is 0 Å². The molecule has 0 spiro atoms. The van der Waals surface area contributed by atoms with Crippen molar-refractivity contribution in [3.63, 3.8) is 0 Å². The van der Waals surface area contributed by atoms with Crippen molar-refractivity contribution in [3.8, 4) is 0 Å². The summed E-state index contributed by atoms with van der Waals surface area (Å²) in [5.41, 5.74) is 7.65. The van der Waals surface area contributed by atoms with E-state index in [1.165, 1.54) is 24.9 Å². The Bertz CT molecular complexity index is 499. The fraction of sp³-hybridized carbons (Fsp3) is 0.588. The van der Waals surface area contributed by atoms with Gasteiger partial charge in [0.25, 0.3) is 0 Å². The molecule has 0 aliphatic carbocycles. The van der Waals surface area contributed by atoms with Gasteiger partial charge in [-0.15, -0.1) is 0 Å². The lowest BCUT2D eigenvalue weighted by Crippen LogP contribution is -2.56. The van der Waals surface area contributed by atoms with Crippen LogP contribution in [-0.2, 0) is 11.2 Å². The molecule has 2 atom stereocenters. The molecule has 114 valence electrons. The third kappa shape index (κ3) is 3.21. The summed E-state index contributed by atoms with van der Waals surface area (Å²) in [4.78, 5) is 17.2. The Morgan fingerprint density at radius 2 is 2.05 bits per heavy atom. The van der Waals surface area contributed by atoms with Crippen LogP contribution in [0.1, 0.15) is 31.7 Å². The van der Waals surface area contributed by atoms with Crippen LogP contribution in [0.2, 0.25) is 0 Å². The van der Waals surface area contributed by atoms with Gasteiger partial charge in [0.1, 0.15) is 0 Å². The highest BCUT2D eigenvalue weighted by Crippen LogP contribution is 2.25. The predicted octanol–water partition coefficient (Wildman–Crippen LogP) is 1.90. The molecule has 2 saturated heterocycles. The first-order chi connectivity index (χ1) is 10.1. The minimum Gasteiger partial charge on any atom is -0.399 e. The van der Waals surface area contributed by atoms with Crippen molar-refractivity contribution in [2.45, 2.75) is 44.7 Å². The van der Waals surface area contributed by atoms with Gasteiger partial charge in [0.05, 0.1) is 0 Å². The Balaban J connectivity index is 1.56. The number of amides is 1. The van der Waals surface area contributed by atoms with Gasteiger partial charge in [-0.1, -0.05) is 12.1 Å². The van der Waals surface area contributed by atoms with Crippen LogP contribution in [0.3, 0.4) is 0 Å². The van der Waals surface area contributed by atoms with Crippen LogP contribution in [0.15, 0.2) is 24.3 Å². The number of carbonyl (C=O) groups is 1. The summed E-state index contributed by atoms with van der Waals surface area (Å²) >= 11 is 0. The second-order valence-corrected chi connectivity index (χ2v) is 6.43. The fourth-order valence-corrected chi connectivity index (χ4v) is 3.61. The monoisotopic (exact) mass is 287 g/mol. The van der Waals surface area contributed by atoms with Gasteiger partial charge in [-0.2, -0.15) is 0 Å². The summed E-state index contributed by atoms with van der Waals surface area (Å²) < 4.78 is 0. The summed E-state index contributed by atoms with van der Waals surface area (Å²) in [5.74, 6) is 0.297. The van der Waals surface area contributed by atoms with Crippen LogP contribution in [0.4, 0.5) is 5.69 Å². The van der Waals surface area contributed by atoms with Crippen LogP contribution >= 0.6 is 0 Å². The van der Waals surface area contributed by atoms with Gasteiger partial charge in [-0.3, -0.25) is 9.69 Å². The number of nitrogens with two attached hydrogens (primary N) is 1. The van der Waals surface area contributed by atoms with Crippen LogP contribution in [0.25, 0.3) is 0 Å². The van der Waals surface area contributed by atoms with Crippen molar-refractivity contribution < 1.29 is 4.79 Å². The number of carbonyl (C=O) groups excluding carboxylic acids is 1. The maximum atomic E-state index is 12.5. The first kappa shape index (κ1) is 14.4. The number of hydrogen-bond donors (Lipinski definition) is 1. The number of fused-ring (bicyclic) bond motifs is 1. The molecule has 21 heavy (non-hydrogen) atoms.